The summed E-state index contributed by atoms with van der Waals surface area (Å²) < 4.78 is 0. The Bertz CT molecular complexity index is 538. The zero-order valence-electron chi connectivity index (χ0n) is 10.8. The first-order chi connectivity index (χ1) is 9.41. The van der Waals surface area contributed by atoms with Crippen molar-refractivity contribution in [3.8, 4) is 0 Å². The van der Waals surface area contributed by atoms with E-state index in [1.807, 2.05) is 0 Å². The Kier molecular flexibility index (Phi) is 3.89. The molecule has 0 saturated heterocycles. The Morgan fingerprint density at radius 3 is 2.60 bits per heavy atom. The lowest BCUT2D eigenvalue weighted by atomic mass is 10.0. The van der Waals surface area contributed by atoms with Crippen molar-refractivity contribution < 1.29 is 19.9 Å². The van der Waals surface area contributed by atoms with Crippen LogP contribution in [0.15, 0.2) is 18.2 Å². The number of rotatable bonds is 5. The standard InChI is InChI=1S/C13H16N2O5/c16-12(17)9-3-4-11(15(19)20)10(7-9)14-8-13(18)5-1-2-6-13/h3-4,7,14,18H,1-2,5-6,8H2,(H,16,17). The number of nitrogens with one attached hydrogen (secondary N) is 1. The van der Waals surface area contributed by atoms with Gasteiger partial charge in [-0.25, -0.2) is 4.79 Å². The highest BCUT2D eigenvalue weighted by Crippen LogP contribution is 2.31. The van der Waals surface area contributed by atoms with Crippen LogP contribution in [0.25, 0.3) is 0 Å². The van der Waals surface area contributed by atoms with E-state index in [1.165, 1.54) is 12.1 Å². The first kappa shape index (κ1) is 14.3. The third kappa shape index (κ3) is 3.05. The molecule has 0 radical (unpaired) electrons. The molecule has 1 aliphatic rings. The van der Waals surface area contributed by atoms with Gasteiger partial charge in [0.1, 0.15) is 5.69 Å². The third-order valence-corrected chi connectivity index (χ3v) is 3.58. The summed E-state index contributed by atoms with van der Waals surface area (Å²) in [7, 11) is 0. The van der Waals surface area contributed by atoms with Gasteiger partial charge in [0.25, 0.3) is 5.69 Å². The second kappa shape index (κ2) is 5.46. The SMILES string of the molecule is O=C(O)c1ccc([N+](=O)[O-])c(NCC2(O)CCCC2)c1. The third-order valence-electron chi connectivity index (χ3n) is 3.58. The maximum absolute atomic E-state index is 10.9. The van der Waals surface area contributed by atoms with Crippen LogP contribution in [-0.4, -0.2) is 33.3 Å². The molecule has 7 nitrogen and oxygen atoms in total. The van der Waals surface area contributed by atoms with Gasteiger partial charge in [-0.15, -0.1) is 0 Å². The van der Waals surface area contributed by atoms with Gasteiger partial charge in [-0.1, -0.05) is 12.8 Å². The molecule has 108 valence electrons. The molecule has 0 spiro atoms. The fourth-order valence-corrected chi connectivity index (χ4v) is 2.44. The van der Waals surface area contributed by atoms with Crippen LogP contribution in [0.3, 0.4) is 0 Å². The average Bonchev–Trinajstić information content (AvgIpc) is 2.83. The zero-order valence-corrected chi connectivity index (χ0v) is 10.8. The van der Waals surface area contributed by atoms with Crippen molar-refractivity contribution in [2.75, 3.05) is 11.9 Å². The van der Waals surface area contributed by atoms with E-state index >= 15 is 0 Å². The zero-order chi connectivity index (χ0) is 14.8. The van der Waals surface area contributed by atoms with Gasteiger partial charge in [-0.2, -0.15) is 0 Å². The van der Waals surface area contributed by atoms with Crippen LogP contribution in [0.4, 0.5) is 11.4 Å². The Morgan fingerprint density at radius 2 is 2.05 bits per heavy atom. The number of nitrogens with zero attached hydrogens (tertiary/aromatic N) is 1. The molecule has 20 heavy (non-hydrogen) atoms. The maximum Gasteiger partial charge on any atom is 0.335 e. The van der Waals surface area contributed by atoms with E-state index in [0.29, 0.717) is 12.8 Å². The predicted octanol–water partition coefficient (Wildman–Crippen LogP) is 2.01. The fraction of sp³-hybridized carbons (Fsp3) is 0.462. The number of anilines is 1. The summed E-state index contributed by atoms with van der Waals surface area (Å²) in [6.07, 6.45) is 3.14. The topological polar surface area (TPSA) is 113 Å². The number of nitro benzene ring substituents is 1. The number of hydrogen-bond acceptors (Lipinski definition) is 5. The average molecular weight is 280 g/mol. The minimum absolute atomic E-state index is 0.0310. The summed E-state index contributed by atoms with van der Waals surface area (Å²) in [6, 6.07) is 3.57. The summed E-state index contributed by atoms with van der Waals surface area (Å²) in [6.45, 7) is 0.177. The molecule has 0 amide bonds. The maximum atomic E-state index is 10.9. The fourth-order valence-electron chi connectivity index (χ4n) is 2.44. The highest BCUT2D eigenvalue weighted by molar-refractivity contribution is 5.90. The lowest BCUT2D eigenvalue weighted by Crippen LogP contribution is -2.33. The van der Waals surface area contributed by atoms with Gasteiger partial charge < -0.3 is 15.5 Å². The van der Waals surface area contributed by atoms with Gasteiger partial charge in [0.05, 0.1) is 16.1 Å². The van der Waals surface area contributed by atoms with Crippen LogP contribution in [0.2, 0.25) is 0 Å². The van der Waals surface area contributed by atoms with Crippen LogP contribution in [0.1, 0.15) is 36.0 Å². The van der Waals surface area contributed by atoms with E-state index in [9.17, 15) is 20.0 Å². The van der Waals surface area contributed by atoms with Gasteiger partial charge in [-0.3, -0.25) is 10.1 Å². The van der Waals surface area contributed by atoms with E-state index in [0.717, 1.165) is 18.9 Å². The van der Waals surface area contributed by atoms with Gasteiger partial charge in [0.2, 0.25) is 0 Å². The minimum Gasteiger partial charge on any atom is -0.478 e. The number of nitro groups is 1. The van der Waals surface area contributed by atoms with Crippen LogP contribution in [-0.2, 0) is 0 Å². The summed E-state index contributed by atoms with van der Waals surface area (Å²) in [5.74, 6) is -1.15. The number of aliphatic hydroxyl groups is 1. The number of carboxylic acids is 1. The van der Waals surface area contributed by atoms with Crippen molar-refractivity contribution in [3.63, 3.8) is 0 Å². The molecule has 0 unspecified atom stereocenters. The molecular weight excluding hydrogens is 264 g/mol. The lowest BCUT2D eigenvalue weighted by molar-refractivity contribution is -0.384. The Labute approximate surface area is 115 Å². The van der Waals surface area contributed by atoms with Crippen molar-refractivity contribution in [1.29, 1.82) is 0 Å². The molecule has 1 fully saturated rings. The van der Waals surface area contributed by atoms with Crippen LogP contribution in [0.5, 0.6) is 0 Å². The second-order valence-corrected chi connectivity index (χ2v) is 5.08. The molecule has 1 saturated carbocycles. The van der Waals surface area contributed by atoms with Gasteiger partial charge in [0, 0.05) is 12.6 Å². The van der Waals surface area contributed by atoms with Crippen molar-refractivity contribution in [2.24, 2.45) is 0 Å². The van der Waals surface area contributed by atoms with Crippen LogP contribution in [0, 0.1) is 10.1 Å². The summed E-state index contributed by atoms with van der Waals surface area (Å²) in [4.78, 5) is 21.3. The largest absolute Gasteiger partial charge is 0.478 e. The molecule has 1 aromatic carbocycles. The lowest BCUT2D eigenvalue weighted by Gasteiger charge is -2.23. The Balaban J connectivity index is 2.21. The molecule has 7 heteroatoms. The van der Waals surface area contributed by atoms with Gasteiger partial charge >= 0.3 is 5.97 Å². The highest BCUT2D eigenvalue weighted by Gasteiger charge is 2.31. The smallest absolute Gasteiger partial charge is 0.335 e. The molecule has 0 heterocycles. The Morgan fingerprint density at radius 1 is 1.40 bits per heavy atom. The molecule has 0 aliphatic heterocycles. The number of carbonyl (C=O) groups is 1. The molecule has 1 aliphatic carbocycles. The van der Waals surface area contributed by atoms with E-state index in [1.54, 1.807) is 0 Å². The molecule has 1 aromatic rings. The monoisotopic (exact) mass is 280 g/mol. The molecule has 3 N–H and O–H groups in total. The van der Waals surface area contributed by atoms with E-state index < -0.39 is 16.5 Å². The summed E-state index contributed by atoms with van der Waals surface area (Å²) >= 11 is 0. The number of benzene rings is 1. The van der Waals surface area contributed by atoms with Gasteiger partial charge in [0.15, 0.2) is 0 Å². The highest BCUT2D eigenvalue weighted by atomic mass is 16.6. The molecule has 0 bridgehead atoms. The summed E-state index contributed by atoms with van der Waals surface area (Å²) in [5, 5.41) is 32.9. The van der Waals surface area contributed by atoms with Crippen molar-refractivity contribution >= 4 is 17.3 Å². The quantitative estimate of drug-likeness (QED) is 0.561. The first-order valence-electron chi connectivity index (χ1n) is 6.39. The van der Waals surface area contributed by atoms with Crippen LogP contribution < -0.4 is 5.32 Å². The number of hydrogen-bond donors (Lipinski definition) is 3. The van der Waals surface area contributed by atoms with Crippen LogP contribution >= 0.6 is 0 Å². The van der Waals surface area contributed by atoms with Crippen molar-refractivity contribution in [1.82, 2.24) is 0 Å². The molecular formula is C13H16N2O5. The predicted molar refractivity (Wildman–Crippen MR) is 72.0 cm³/mol. The first-order valence-corrected chi connectivity index (χ1v) is 6.39. The molecule has 2 rings (SSSR count). The molecule has 0 aromatic heterocycles. The van der Waals surface area contributed by atoms with E-state index in [4.69, 9.17) is 5.11 Å². The number of aromatic carboxylic acids is 1. The Hall–Kier alpha value is -2.15. The summed E-state index contributed by atoms with van der Waals surface area (Å²) in [5.41, 5.74) is -0.976. The molecule has 0 atom stereocenters. The van der Waals surface area contributed by atoms with Crippen molar-refractivity contribution in [3.05, 3.63) is 33.9 Å². The normalized spacial score (nSPS) is 16.9. The minimum atomic E-state index is -1.15. The van der Waals surface area contributed by atoms with E-state index in [-0.39, 0.29) is 23.5 Å². The number of carboxylic acid groups (broad SMARTS) is 1. The van der Waals surface area contributed by atoms with E-state index in [2.05, 4.69) is 5.32 Å². The second-order valence-electron chi connectivity index (χ2n) is 5.08. The van der Waals surface area contributed by atoms with Crippen molar-refractivity contribution in [2.45, 2.75) is 31.3 Å². The van der Waals surface area contributed by atoms with Gasteiger partial charge in [-0.05, 0) is 25.0 Å².